The number of hydrogen-bond donors (Lipinski definition) is 2. The maximum absolute atomic E-state index is 11.9. The zero-order valence-electron chi connectivity index (χ0n) is 10.5. The van der Waals surface area contributed by atoms with Crippen LogP contribution in [0.2, 0.25) is 0 Å². The van der Waals surface area contributed by atoms with Crippen LogP contribution in [0.5, 0.6) is 5.75 Å². The highest BCUT2D eigenvalue weighted by Crippen LogP contribution is 2.36. The minimum absolute atomic E-state index is 0.507. The second-order valence-electron chi connectivity index (χ2n) is 4.17. The molecule has 0 aliphatic rings. The Hall–Kier alpha value is -1.94. The first-order valence-electron chi connectivity index (χ1n) is 5.81. The van der Waals surface area contributed by atoms with E-state index in [0.717, 1.165) is 16.9 Å². The summed E-state index contributed by atoms with van der Waals surface area (Å²) in [6.45, 7) is 0. The normalized spacial score (nSPS) is 13.6. The van der Waals surface area contributed by atoms with E-state index in [1.165, 1.54) is 0 Å². The number of benzene rings is 2. The topological polar surface area (TPSA) is 52.3 Å². The number of ether oxygens (including phenoxy) is 1. The Morgan fingerprint density at radius 3 is 2.05 bits per heavy atom. The van der Waals surface area contributed by atoms with Gasteiger partial charge in [-0.2, -0.15) is 12.6 Å². The highest BCUT2D eigenvalue weighted by atomic mass is 32.1. The number of carbonyl (C=O) groups is 1. The summed E-state index contributed by atoms with van der Waals surface area (Å²) < 4.78 is 3.96. The molecule has 2 N–H and O–H groups in total. The monoisotopic (exact) mass is 273 g/mol. The number of thiol groups is 1. The van der Waals surface area contributed by atoms with Crippen LogP contribution in [0.15, 0.2) is 54.6 Å². The van der Waals surface area contributed by atoms with E-state index in [0.29, 0.717) is 0 Å². The van der Waals surface area contributed by atoms with Gasteiger partial charge in [-0.3, -0.25) is 4.79 Å². The van der Waals surface area contributed by atoms with Crippen molar-refractivity contribution in [1.82, 2.24) is 0 Å². The lowest BCUT2D eigenvalue weighted by Gasteiger charge is -2.26. The average Bonchev–Trinajstić information content (AvgIpc) is 2.47. The first-order valence-corrected chi connectivity index (χ1v) is 6.26. The first-order chi connectivity index (χ1) is 9.09. The number of hydrogen-bond acceptors (Lipinski definition) is 3. The van der Waals surface area contributed by atoms with Crippen LogP contribution in [-0.4, -0.2) is 13.0 Å². The molecule has 2 aromatic rings. The molecule has 1 amide bonds. The molecule has 3 nitrogen and oxygen atoms in total. The van der Waals surface area contributed by atoms with E-state index in [4.69, 9.17) is 10.5 Å². The smallest absolute Gasteiger partial charge is 0.242 e. The molecule has 0 heterocycles. The molecular formula is C15H15NO2S. The minimum atomic E-state index is -1.15. The number of rotatable bonds is 4. The summed E-state index contributed by atoms with van der Waals surface area (Å²) in [5.74, 6) is 0.212. The van der Waals surface area contributed by atoms with Gasteiger partial charge in [-0.25, -0.2) is 0 Å². The van der Waals surface area contributed by atoms with Gasteiger partial charge in [0.25, 0.3) is 0 Å². The molecule has 4 heteroatoms. The Bertz CT molecular complexity index is 568. The summed E-state index contributed by atoms with van der Waals surface area (Å²) in [5.41, 5.74) is 7.02. The maximum atomic E-state index is 11.9. The van der Waals surface area contributed by atoms with Crippen molar-refractivity contribution in [3.05, 3.63) is 65.7 Å². The molecule has 0 fully saturated rings. The van der Waals surface area contributed by atoms with Gasteiger partial charge in [-0.1, -0.05) is 42.5 Å². The molecule has 2 rings (SSSR count). The third-order valence-electron chi connectivity index (χ3n) is 3.06. The SMILES string of the molecule is COc1ccc(C(S)(C(N)=O)c2ccccc2)cc1. The number of primary amides is 1. The zero-order valence-corrected chi connectivity index (χ0v) is 11.4. The van der Waals surface area contributed by atoms with E-state index in [1.54, 1.807) is 31.4 Å². The van der Waals surface area contributed by atoms with Gasteiger partial charge in [-0.05, 0) is 23.3 Å². The lowest BCUT2D eigenvalue weighted by atomic mass is 9.89. The second kappa shape index (κ2) is 5.36. The zero-order chi connectivity index (χ0) is 13.9. The Kier molecular flexibility index (Phi) is 3.81. The van der Waals surface area contributed by atoms with Gasteiger partial charge < -0.3 is 10.5 Å². The van der Waals surface area contributed by atoms with Crippen LogP contribution in [0.1, 0.15) is 11.1 Å². The van der Waals surface area contributed by atoms with Crippen LogP contribution < -0.4 is 10.5 Å². The summed E-state index contributed by atoms with van der Waals surface area (Å²) in [6.07, 6.45) is 0. The highest BCUT2D eigenvalue weighted by Gasteiger charge is 2.36. The fraction of sp³-hybridized carbons (Fsp3) is 0.133. The van der Waals surface area contributed by atoms with Crippen LogP contribution in [-0.2, 0) is 9.54 Å². The van der Waals surface area contributed by atoms with E-state index in [1.807, 2.05) is 30.3 Å². The Labute approximate surface area is 117 Å². The van der Waals surface area contributed by atoms with Crippen LogP contribution in [0.3, 0.4) is 0 Å². The molecule has 0 aliphatic heterocycles. The van der Waals surface area contributed by atoms with Crippen molar-refractivity contribution >= 4 is 18.5 Å². The molecule has 0 saturated carbocycles. The Morgan fingerprint density at radius 2 is 1.58 bits per heavy atom. The molecule has 0 radical (unpaired) electrons. The van der Waals surface area contributed by atoms with Gasteiger partial charge in [0.2, 0.25) is 5.91 Å². The molecule has 1 unspecified atom stereocenters. The van der Waals surface area contributed by atoms with Crippen molar-refractivity contribution in [3.8, 4) is 5.75 Å². The predicted octanol–water partition coefficient (Wildman–Crippen LogP) is 2.35. The lowest BCUT2D eigenvalue weighted by molar-refractivity contribution is -0.119. The van der Waals surface area contributed by atoms with Crippen molar-refractivity contribution in [2.45, 2.75) is 4.75 Å². The van der Waals surface area contributed by atoms with Gasteiger partial charge in [-0.15, -0.1) is 0 Å². The van der Waals surface area contributed by atoms with Gasteiger partial charge in [0, 0.05) is 0 Å². The highest BCUT2D eigenvalue weighted by molar-refractivity contribution is 7.82. The number of methoxy groups -OCH3 is 1. The maximum Gasteiger partial charge on any atom is 0.242 e. The fourth-order valence-electron chi connectivity index (χ4n) is 1.96. The molecular weight excluding hydrogens is 258 g/mol. The van der Waals surface area contributed by atoms with Crippen LogP contribution in [0, 0.1) is 0 Å². The molecule has 2 aromatic carbocycles. The molecule has 0 spiro atoms. The molecule has 19 heavy (non-hydrogen) atoms. The molecule has 1 atom stereocenters. The largest absolute Gasteiger partial charge is 0.497 e. The molecule has 98 valence electrons. The van der Waals surface area contributed by atoms with Gasteiger partial charge in [0.05, 0.1) is 7.11 Å². The van der Waals surface area contributed by atoms with E-state index in [9.17, 15) is 4.79 Å². The van der Waals surface area contributed by atoms with Gasteiger partial charge in [0.1, 0.15) is 10.5 Å². The average molecular weight is 273 g/mol. The van der Waals surface area contributed by atoms with Crippen molar-refractivity contribution < 1.29 is 9.53 Å². The van der Waals surface area contributed by atoms with Crippen molar-refractivity contribution in [2.75, 3.05) is 7.11 Å². The van der Waals surface area contributed by atoms with Crippen LogP contribution in [0.4, 0.5) is 0 Å². The molecule has 0 aromatic heterocycles. The summed E-state index contributed by atoms with van der Waals surface area (Å²) in [7, 11) is 1.59. The summed E-state index contributed by atoms with van der Waals surface area (Å²) in [6, 6.07) is 16.4. The molecule has 0 saturated heterocycles. The third-order valence-corrected chi connectivity index (χ3v) is 3.79. The van der Waals surface area contributed by atoms with Crippen LogP contribution >= 0.6 is 12.6 Å². The Balaban J connectivity index is 2.53. The van der Waals surface area contributed by atoms with Crippen molar-refractivity contribution in [1.29, 1.82) is 0 Å². The third kappa shape index (κ3) is 2.44. The van der Waals surface area contributed by atoms with E-state index in [-0.39, 0.29) is 0 Å². The first kappa shape index (κ1) is 13.5. The van der Waals surface area contributed by atoms with Crippen molar-refractivity contribution in [3.63, 3.8) is 0 Å². The number of carbonyl (C=O) groups excluding carboxylic acids is 1. The predicted molar refractivity (Wildman–Crippen MR) is 78.4 cm³/mol. The van der Waals surface area contributed by atoms with Crippen LogP contribution in [0.25, 0.3) is 0 Å². The Morgan fingerprint density at radius 1 is 1.05 bits per heavy atom. The van der Waals surface area contributed by atoms with Gasteiger partial charge in [0.15, 0.2) is 0 Å². The minimum Gasteiger partial charge on any atom is -0.497 e. The quantitative estimate of drug-likeness (QED) is 0.840. The van der Waals surface area contributed by atoms with Gasteiger partial charge >= 0.3 is 0 Å². The molecule has 0 bridgehead atoms. The van der Waals surface area contributed by atoms with E-state index in [2.05, 4.69) is 12.6 Å². The summed E-state index contributed by atoms with van der Waals surface area (Å²) >= 11 is 4.54. The van der Waals surface area contributed by atoms with E-state index < -0.39 is 10.7 Å². The number of nitrogens with two attached hydrogens (primary N) is 1. The number of amides is 1. The fourth-order valence-corrected chi connectivity index (χ4v) is 2.26. The van der Waals surface area contributed by atoms with E-state index >= 15 is 0 Å². The second-order valence-corrected chi connectivity index (χ2v) is 4.84. The lowest BCUT2D eigenvalue weighted by Crippen LogP contribution is -2.37. The molecule has 0 aliphatic carbocycles. The summed E-state index contributed by atoms with van der Waals surface area (Å²) in [5, 5.41) is 0. The van der Waals surface area contributed by atoms with Crippen molar-refractivity contribution in [2.24, 2.45) is 5.73 Å². The summed E-state index contributed by atoms with van der Waals surface area (Å²) in [4.78, 5) is 11.9. The standard InChI is InChI=1S/C15H15NO2S/c1-18-13-9-7-12(8-10-13)15(19,14(16)17)11-5-3-2-4-6-11/h2-10,19H,1H3,(H2,16,17).